The second kappa shape index (κ2) is 5.92. The van der Waals surface area contributed by atoms with Gasteiger partial charge in [-0.2, -0.15) is 0 Å². The van der Waals surface area contributed by atoms with E-state index in [1.165, 1.54) is 5.56 Å². The molecule has 0 atom stereocenters. The SMILES string of the molecule is C=Cc1cccc(OC)c1.c1cc2ccc1CO2. The summed E-state index contributed by atoms with van der Waals surface area (Å²) >= 11 is 0. The molecule has 0 radical (unpaired) electrons. The second-order valence-corrected chi connectivity index (χ2v) is 3.91. The largest absolute Gasteiger partial charge is 0.497 e. The van der Waals surface area contributed by atoms with Crippen molar-refractivity contribution in [3.05, 3.63) is 66.2 Å². The molecule has 2 nitrogen and oxygen atoms in total. The van der Waals surface area contributed by atoms with Crippen LogP contribution in [0.2, 0.25) is 0 Å². The van der Waals surface area contributed by atoms with Crippen molar-refractivity contribution in [3.63, 3.8) is 0 Å². The molecular formula is C16H16O2. The van der Waals surface area contributed by atoms with Crippen LogP contribution in [0, 0.1) is 0 Å². The molecule has 2 heteroatoms. The standard InChI is InChI=1S/C9H10O.C7H6O/c1-3-8-5-4-6-9(7-8)10-2;1-3-7-4-2-6(1)5-8-7/h3-7H,1H2,2H3;1-4H,5H2. The lowest BCUT2D eigenvalue weighted by Crippen LogP contribution is -2.00. The summed E-state index contributed by atoms with van der Waals surface area (Å²) in [7, 11) is 1.65. The molecule has 2 heterocycles. The lowest BCUT2D eigenvalue weighted by atomic mass is 10.2. The fraction of sp³-hybridized carbons (Fsp3) is 0.125. The van der Waals surface area contributed by atoms with Gasteiger partial charge in [-0.25, -0.2) is 0 Å². The van der Waals surface area contributed by atoms with E-state index >= 15 is 0 Å². The van der Waals surface area contributed by atoms with Gasteiger partial charge in [0.25, 0.3) is 0 Å². The Balaban J connectivity index is 0.000000136. The molecule has 0 aromatic heterocycles. The first-order valence-corrected chi connectivity index (χ1v) is 5.80. The van der Waals surface area contributed by atoms with Crippen molar-refractivity contribution in [3.8, 4) is 11.5 Å². The van der Waals surface area contributed by atoms with Crippen LogP contribution < -0.4 is 9.47 Å². The smallest absolute Gasteiger partial charge is 0.119 e. The van der Waals surface area contributed by atoms with Gasteiger partial charge in [-0.1, -0.05) is 36.9 Å². The van der Waals surface area contributed by atoms with Crippen LogP contribution >= 0.6 is 0 Å². The molecule has 18 heavy (non-hydrogen) atoms. The first-order chi connectivity index (χ1) is 8.81. The molecule has 0 N–H and O–H groups in total. The van der Waals surface area contributed by atoms with Crippen molar-refractivity contribution in [2.24, 2.45) is 0 Å². The van der Waals surface area contributed by atoms with Crippen molar-refractivity contribution >= 4 is 6.08 Å². The maximum Gasteiger partial charge on any atom is 0.119 e. The number of hydrogen-bond acceptors (Lipinski definition) is 2. The minimum atomic E-state index is 0.766. The molecule has 0 spiro atoms. The van der Waals surface area contributed by atoms with Crippen molar-refractivity contribution in [1.82, 2.24) is 0 Å². The summed E-state index contributed by atoms with van der Waals surface area (Å²) in [4.78, 5) is 0. The lowest BCUT2D eigenvalue weighted by molar-refractivity contribution is 0.295. The number of hydrogen-bond donors (Lipinski definition) is 0. The van der Waals surface area contributed by atoms with Gasteiger partial charge >= 0.3 is 0 Å². The molecule has 4 rings (SSSR count). The van der Waals surface area contributed by atoms with Crippen LogP contribution in [0.1, 0.15) is 11.1 Å². The number of ether oxygens (including phenoxy) is 2. The van der Waals surface area contributed by atoms with Crippen LogP contribution in [0.5, 0.6) is 11.5 Å². The predicted molar refractivity (Wildman–Crippen MR) is 73.9 cm³/mol. The highest BCUT2D eigenvalue weighted by Gasteiger charge is 2.01. The fourth-order valence-corrected chi connectivity index (χ4v) is 1.62. The summed E-state index contributed by atoms with van der Waals surface area (Å²) in [6.45, 7) is 4.42. The van der Waals surface area contributed by atoms with Crippen molar-refractivity contribution < 1.29 is 9.47 Å². The third-order valence-electron chi connectivity index (χ3n) is 2.66. The third kappa shape index (κ3) is 3.14. The molecule has 2 aromatic rings. The highest BCUT2D eigenvalue weighted by atomic mass is 16.5. The van der Waals surface area contributed by atoms with E-state index in [1.54, 1.807) is 13.2 Å². The Morgan fingerprint density at radius 3 is 2.33 bits per heavy atom. The average molecular weight is 240 g/mol. The highest BCUT2D eigenvalue weighted by Crippen LogP contribution is 2.19. The number of benzene rings is 2. The summed E-state index contributed by atoms with van der Waals surface area (Å²) < 4.78 is 10.2. The zero-order valence-electron chi connectivity index (χ0n) is 10.4. The van der Waals surface area contributed by atoms with Gasteiger partial charge in [-0.15, -0.1) is 0 Å². The van der Waals surface area contributed by atoms with Crippen LogP contribution in [-0.2, 0) is 6.61 Å². The summed E-state index contributed by atoms with van der Waals surface area (Å²) in [5, 5.41) is 0. The quantitative estimate of drug-likeness (QED) is 0.792. The zero-order chi connectivity index (χ0) is 12.8. The molecule has 0 amide bonds. The molecule has 92 valence electrons. The summed E-state index contributed by atoms with van der Waals surface area (Å²) in [5.41, 5.74) is 2.35. The minimum absolute atomic E-state index is 0.766. The summed E-state index contributed by atoms with van der Waals surface area (Å²) in [6.07, 6.45) is 1.79. The number of rotatable bonds is 2. The van der Waals surface area contributed by atoms with E-state index in [0.717, 1.165) is 23.7 Å². The van der Waals surface area contributed by atoms with Gasteiger partial charge in [-0.3, -0.25) is 0 Å². The van der Waals surface area contributed by atoms with Gasteiger partial charge in [0.15, 0.2) is 0 Å². The molecule has 2 aliphatic rings. The van der Waals surface area contributed by atoms with Gasteiger partial charge in [0.2, 0.25) is 0 Å². The molecule has 0 unspecified atom stereocenters. The normalized spacial score (nSPS) is 10.9. The molecule has 0 saturated heterocycles. The average Bonchev–Trinajstić information content (AvgIpc) is 2.50. The zero-order valence-corrected chi connectivity index (χ0v) is 10.4. The van der Waals surface area contributed by atoms with E-state index in [-0.39, 0.29) is 0 Å². The predicted octanol–water partition coefficient (Wildman–Crippen LogP) is 3.92. The van der Waals surface area contributed by atoms with Crippen LogP contribution in [-0.4, -0.2) is 7.11 Å². The Morgan fingerprint density at radius 2 is 1.94 bits per heavy atom. The van der Waals surface area contributed by atoms with E-state index in [9.17, 15) is 0 Å². The summed E-state index contributed by atoms with van der Waals surface area (Å²) in [6, 6.07) is 15.9. The van der Waals surface area contributed by atoms with E-state index in [0.29, 0.717) is 0 Å². The first kappa shape index (κ1) is 12.2. The monoisotopic (exact) mass is 240 g/mol. The van der Waals surface area contributed by atoms with Gasteiger partial charge in [-0.05, 0) is 35.4 Å². The first-order valence-electron chi connectivity index (χ1n) is 5.80. The van der Waals surface area contributed by atoms with Gasteiger partial charge in [0.05, 0.1) is 7.11 Å². The Hall–Kier alpha value is -2.22. The maximum absolute atomic E-state index is 5.18. The number of fused-ring (bicyclic) bond motifs is 3. The third-order valence-corrected chi connectivity index (χ3v) is 2.66. The molecule has 0 fully saturated rings. The highest BCUT2D eigenvalue weighted by molar-refractivity contribution is 5.49. The summed E-state index contributed by atoms with van der Waals surface area (Å²) in [5.74, 6) is 1.86. The van der Waals surface area contributed by atoms with Gasteiger partial charge in [0.1, 0.15) is 18.1 Å². The minimum Gasteiger partial charge on any atom is -0.497 e. The molecule has 2 bridgehead atoms. The van der Waals surface area contributed by atoms with E-state index < -0.39 is 0 Å². The Morgan fingerprint density at radius 1 is 1.17 bits per heavy atom. The molecule has 0 aliphatic carbocycles. The molecule has 2 aromatic carbocycles. The van der Waals surface area contributed by atoms with E-state index in [1.807, 2.05) is 36.4 Å². The van der Waals surface area contributed by atoms with Crippen molar-refractivity contribution in [2.45, 2.75) is 6.61 Å². The van der Waals surface area contributed by atoms with Crippen molar-refractivity contribution in [1.29, 1.82) is 0 Å². The Labute approximate surface area is 107 Å². The van der Waals surface area contributed by atoms with Gasteiger partial charge in [0, 0.05) is 0 Å². The van der Waals surface area contributed by atoms with Gasteiger partial charge < -0.3 is 9.47 Å². The maximum atomic E-state index is 5.18. The second-order valence-electron chi connectivity index (χ2n) is 3.91. The van der Waals surface area contributed by atoms with E-state index in [2.05, 4.69) is 18.7 Å². The van der Waals surface area contributed by atoms with Crippen LogP contribution in [0.3, 0.4) is 0 Å². The Bertz CT molecular complexity index is 492. The van der Waals surface area contributed by atoms with Crippen LogP contribution in [0.25, 0.3) is 6.08 Å². The lowest BCUT2D eigenvalue weighted by Gasteiger charge is -2.11. The topological polar surface area (TPSA) is 18.5 Å². The van der Waals surface area contributed by atoms with Crippen LogP contribution in [0.15, 0.2) is 55.1 Å². The Kier molecular flexibility index (Phi) is 4.02. The fourth-order valence-electron chi connectivity index (χ4n) is 1.62. The van der Waals surface area contributed by atoms with E-state index in [4.69, 9.17) is 9.47 Å². The van der Waals surface area contributed by atoms with Crippen LogP contribution in [0.4, 0.5) is 0 Å². The molecule has 0 saturated carbocycles. The molecule has 2 aliphatic heterocycles. The van der Waals surface area contributed by atoms with Crippen molar-refractivity contribution in [2.75, 3.05) is 7.11 Å². The molecular weight excluding hydrogens is 224 g/mol. The number of methoxy groups -OCH3 is 1.